The number of para-hydroxylation sites is 2. The van der Waals surface area contributed by atoms with E-state index in [2.05, 4.69) is 61.2 Å². The summed E-state index contributed by atoms with van der Waals surface area (Å²) in [5, 5.41) is 10.6. The lowest BCUT2D eigenvalue weighted by molar-refractivity contribution is -0.0139. The third kappa shape index (κ3) is 6.62. The minimum absolute atomic E-state index is 0.306. The lowest BCUT2D eigenvalue weighted by Gasteiger charge is -2.37. The van der Waals surface area contributed by atoms with Crippen LogP contribution in [0.4, 0.5) is 11.8 Å². The van der Waals surface area contributed by atoms with Crippen LogP contribution in [0.5, 0.6) is 0 Å². The standard InChI is InChI=1S/C36H47N9O3/c1-36(2,46)27-14-16-42(17-15-27)25-30-38-31-32(41(30)3)39-34(40-33(31)43-19-22-48-23-20-43)45-29-13-9-8-12-28(29)37-35(45)44(18-21-47-4)24-26-10-6-5-7-11-26/h5-13,27,46H,14-25H2,1-4H3. The van der Waals surface area contributed by atoms with E-state index in [9.17, 15) is 5.11 Å². The molecule has 0 aliphatic carbocycles. The molecule has 0 bridgehead atoms. The van der Waals surface area contributed by atoms with Crippen molar-refractivity contribution in [1.29, 1.82) is 0 Å². The quantitative estimate of drug-likeness (QED) is 0.223. The summed E-state index contributed by atoms with van der Waals surface area (Å²) >= 11 is 0. The van der Waals surface area contributed by atoms with E-state index in [1.54, 1.807) is 7.11 Å². The van der Waals surface area contributed by atoms with Crippen molar-refractivity contribution in [3.8, 4) is 5.95 Å². The first kappa shape index (κ1) is 32.4. The summed E-state index contributed by atoms with van der Waals surface area (Å²) in [4.78, 5) is 27.9. The van der Waals surface area contributed by atoms with E-state index >= 15 is 0 Å². The van der Waals surface area contributed by atoms with E-state index < -0.39 is 5.60 Å². The minimum Gasteiger partial charge on any atom is -0.390 e. The van der Waals surface area contributed by atoms with Crippen molar-refractivity contribution in [1.82, 2.24) is 34.0 Å². The molecule has 0 amide bonds. The maximum atomic E-state index is 10.6. The maximum absolute atomic E-state index is 10.6. The number of morpholine rings is 1. The number of nitrogens with zero attached hydrogens (tertiary/aromatic N) is 9. The molecule has 2 aliphatic heterocycles. The normalized spacial score (nSPS) is 16.7. The van der Waals surface area contributed by atoms with Crippen LogP contribution in [0.15, 0.2) is 54.6 Å². The average molecular weight is 654 g/mol. The van der Waals surface area contributed by atoms with Crippen molar-refractivity contribution in [3.05, 3.63) is 66.0 Å². The highest BCUT2D eigenvalue weighted by atomic mass is 16.5. The third-order valence-corrected chi connectivity index (χ3v) is 9.85. The van der Waals surface area contributed by atoms with Gasteiger partial charge in [-0.1, -0.05) is 42.5 Å². The molecule has 254 valence electrons. The molecule has 5 heterocycles. The zero-order valence-electron chi connectivity index (χ0n) is 28.5. The fraction of sp³-hybridized carbons (Fsp3) is 0.500. The van der Waals surface area contributed by atoms with Gasteiger partial charge in [0.25, 0.3) is 0 Å². The lowest BCUT2D eigenvalue weighted by Crippen LogP contribution is -2.41. The summed E-state index contributed by atoms with van der Waals surface area (Å²) in [7, 11) is 3.78. The number of hydrogen-bond acceptors (Lipinski definition) is 10. The molecule has 0 unspecified atom stereocenters. The number of aryl methyl sites for hydroxylation is 1. The van der Waals surface area contributed by atoms with E-state index in [4.69, 9.17) is 29.4 Å². The average Bonchev–Trinajstić information content (AvgIpc) is 3.64. The molecule has 48 heavy (non-hydrogen) atoms. The lowest BCUT2D eigenvalue weighted by atomic mass is 9.83. The second kappa shape index (κ2) is 13.8. The van der Waals surface area contributed by atoms with Crippen molar-refractivity contribution < 1.29 is 14.6 Å². The van der Waals surface area contributed by atoms with Crippen LogP contribution in [0.25, 0.3) is 28.1 Å². The molecule has 0 atom stereocenters. The number of imidazole rings is 2. The molecule has 1 N–H and O–H groups in total. The van der Waals surface area contributed by atoms with Crippen molar-refractivity contribution in [2.75, 3.05) is 69.5 Å². The number of methoxy groups -OCH3 is 1. The number of benzene rings is 2. The highest BCUT2D eigenvalue weighted by molar-refractivity contribution is 5.86. The summed E-state index contributed by atoms with van der Waals surface area (Å²) < 4.78 is 15.5. The first-order valence-electron chi connectivity index (χ1n) is 17.1. The number of aromatic nitrogens is 6. The van der Waals surface area contributed by atoms with Crippen LogP contribution in [-0.4, -0.2) is 104 Å². The van der Waals surface area contributed by atoms with Gasteiger partial charge in [-0.15, -0.1) is 0 Å². The molecular weight excluding hydrogens is 606 g/mol. The van der Waals surface area contributed by atoms with Gasteiger partial charge in [-0.3, -0.25) is 4.90 Å². The van der Waals surface area contributed by atoms with Crippen LogP contribution in [0.1, 0.15) is 38.1 Å². The maximum Gasteiger partial charge on any atom is 0.241 e. The fourth-order valence-electron chi connectivity index (χ4n) is 6.99. The Morgan fingerprint density at radius 3 is 2.40 bits per heavy atom. The van der Waals surface area contributed by atoms with Gasteiger partial charge in [0.15, 0.2) is 17.0 Å². The molecule has 0 radical (unpaired) electrons. The van der Waals surface area contributed by atoms with Crippen molar-refractivity contribution >= 4 is 34.0 Å². The second-order valence-corrected chi connectivity index (χ2v) is 13.5. The van der Waals surface area contributed by atoms with Crippen molar-refractivity contribution in [2.45, 2.75) is 45.4 Å². The molecule has 7 rings (SSSR count). The monoisotopic (exact) mass is 653 g/mol. The van der Waals surface area contributed by atoms with E-state index in [1.807, 2.05) is 38.1 Å². The van der Waals surface area contributed by atoms with Crippen molar-refractivity contribution in [3.63, 3.8) is 0 Å². The number of hydrogen-bond donors (Lipinski definition) is 1. The van der Waals surface area contributed by atoms with Crippen LogP contribution in [-0.2, 0) is 29.6 Å². The van der Waals surface area contributed by atoms with Gasteiger partial charge in [0.05, 0.1) is 43.0 Å². The van der Waals surface area contributed by atoms with Crippen LogP contribution < -0.4 is 9.80 Å². The predicted molar refractivity (Wildman–Crippen MR) is 188 cm³/mol. The Morgan fingerprint density at radius 1 is 0.938 bits per heavy atom. The number of fused-ring (bicyclic) bond motifs is 2. The Morgan fingerprint density at radius 2 is 1.67 bits per heavy atom. The molecule has 12 nitrogen and oxygen atoms in total. The van der Waals surface area contributed by atoms with Gasteiger partial charge in [0.1, 0.15) is 5.82 Å². The van der Waals surface area contributed by atoms with Crippen LogP contribution >= 0.6 is 0 Å². The highest BCUT2D eigenvalue weighted by Gasteiger charge is 2.32. The Balaban J connectivity index is 1.33. The number of aliphatic hydroxyl groups is 1. The summed E-state index contributed by atoms with van der Waals surface area (Å²) in [6.07, 6.45) is 1.94. The van der Waals surface area contributed by atoms with E-state index in [0.717, 1.165) is 78.8 Å². The van der Waals surface area contributed by atoms with Gasteiger partial charge in [-0.2, -0.15) is 9.97 Å². The topological polar surface area (TPSA) is 110 Å². The Hall–Kier alpha value is -4.10. The predicted octanol–water partition coefficient (Wildman–Crippen LogP) is 4.17. The SMILES string of the molecule is COCCN(Cc1ccccc1)c1nc2ccccc2n1-c1nc(N2CCOCC2)c2nc(CN3CCC(C(C)(C)O)CC3)n(C)c2n1. The zero-order chi connectivity index (χ0) is 33.3. The molecule has 3 aromatic heterocycles. The first-order valence-corrected chi connectivity index (χ1v) is 17.1. The number of ether oxygens (including phenoxy) is 2. The molecular formula is C36H47N9O3. The van der Waals surface area contributed by atoms with Crippen LogP contribution in [0, 0.1) is 5.92 Å². The number of likely N-dealkylation sites (tertiary alicyclic amines) is 1. The van der Waals surface area contributed by atoms with Gasteiger partial charge in [0.2, 0.25) is 11.9 Å². The van der Waals surface area contributed by atoms with Gasteiger partial charge in [-0.25, -0.2) is 14.5 Å². The molecule has 2 fully saturated rings. The zero-order valence-corrected chi connectivity index (χ0v) is 28.5. The Kier molecular flexibility index (Phi) is 9.32. The van der Waals surface area contributed by atoms with Gasteiger partial charge < -0.3 is 28.9 Å². The van der Waals surface area contributed by atoms with Crippen LogP contribution in [0.2, 0.25) is 0 Å². The van der Waals surface area contributed by atoms with Gasteiger partial charge in [0, 0.05) is 40.3 Å². The third-order valence-electron chi connectivity index (χ3n) is 9.85. The summed E-state index contributed by atoms with van der Waals surface area (Å²) in [6.45, 7) is 11.0. The fourth-order valence-corrected chi connectivity index (χ4v) is 6.99. The highest BCUT2D eigenvalue weighted by Crippen LogP contribution is 2.33. The van der Waals surface area contributed by atoms with Gasteiger partial charge in [-0.05, 0) is 63.4 Å². The Bertz CT molecular complexity index is 1830. The Labute approximate surface area is 281 Å². The molecule has 2 saturated heterocycles. The van der Waals surface area contributed by atoms with Crippen molar-refractivity contribution in [2.24, 2.45) is 13.0 Å². The molecule has 0 spiro atoms. The molecule has 2 aromatic carbocycles. The largest absolute Gasteiger partial charge is 0.390 e. The minimum atomic E-state index is -0.653. The van der Waals surface area contributed by atoms with E-state index in [0.29, 0.717) is 51.3 Å². The molecule has 12 heteroatoms. The summed E-state index contributed by atoms with van der Waals surface area (Å²) in [5.41, 5.74) is 3.93. The summed E-state index contributed by atoms with van der Waals surface area (Å²) in [6, 6.07) is 18.6. The van der Waals surface area contributed by atoms with Gasteiger partial charge >= 0.3 is 0 Å². The van der Waals surface area contributed by atoms with E-state index in [-0.39, 0.29) is 0 Å². The van der Waals surface area contributed by atoms with Crippen LogP contribution in [0.3, 0.4) is 0 Å². The molecule has 2 aliphatic rings. The molecule has 0 saturated carbocycles. The number of piperidine rings is 1. The molecule has 5 aromatic rings. The first-order chi connectivity index (χ1) is 23.3. The van der Waals surface area contributed by atoms with E-state index in [1.165, 1.54) is 5.56 Å². The number of anilines is 2. The summed E-state index contributed by atoms with van der Waals surface area (Å²) in [5.74, 6) is 3.40. The number of rotatable bonds is 11. The second-order valence-electron chi connectivity index (χ2n) is 13.5. The smallest absolute Gasteiger partial charge is 0.241 e.